The lowest BCUT2D eigenvalue weighted by Gasteiger charge is -2.36. The van der Waals surface area contributed by atoms with Crippen LogP contribution in [0.2, 0.25) is 0 Å². The van der Waals surface area contributed by atoms with Crippen LogP contribution in [0.3, 0.4) is 0 Å². The number of halogens is 1. The lowest BCUT2D eigenvalue weighted by molar-refractivity contribution is -0.0198. The Morgan fingerprint density at radius 2 is 1.75 bits per heavy atom. The molecule has 1 saturated carbocycles. The molecule has 88 valence electrons. The number of rotatable bonds is 3. The van der Waals surface area contributed by atoms with Gasteiger partial charge >= 0.3 is 0 Å². The van der Waals surface area contributed by atoms with Crippen molar-refractivity contribution < 1.29 is 9.84 Å². The second kappa shape index (κ2) is 5.19. The summed E-state index contributed by atoms with van der Waals surface area (Å²) in [6, 6.07) is 7.80. The molecule has 0 spiro atoms. The van der Waals surface area contributed by atoms with Gasteiger partial charge in [-0.25, -0.2) is 0 Å². The zero-order chi connectivity index (χ0) is 11.4. The fourth-order valence-electron chi connectivity index (χ4n) is 2.24. The maximum Gasteiger partial charge on any atom is 0.132 e. The first-order valence-corrected chi connectivity index (χ1v) is 6.59. The maximum atomic E-state index is 9.52. The summed E-state index contributed by atoms with van der Waals surface area (Å²) in [5, 5.41) is 9.52. The quantitative estimate of drug-likeness (QED) is 0.920. The van der Waals surface area contributed by atoms with E-state index in [0.29, 0.717) is 0 Å². The lowest BCUT2D eigenvalue weighted by Crippen LogP contribution is -2.41. The van der Waals surface area contributed by atoms with Crippen molar-refractivity contribution in [2.75, 3.05) is 6.61 Å². The van der Waals surface area contributed by atoms with E-state index in [1.165, 1.54) is 6.42 Å². The molecule has 1 aliphatic rings. The Balaban J connectivity index is 2.08. The molecule has 0 radical (unpaired) electrons. The van der Waals surface area contributed by atoms with Crippen molar-refractivity contribution >= 4 is 15.9 Å². The Bertz CT molecular complexity index is 328. The molecule has 16 heavy (non-hydrogen) atoms. The summed E-state index contributed by atoms with van der Waals surface area (Å²) in [7, 11) is 0. The first-order chi connectivity index (χ1) is 7.74. The van der Waals surface area contributed by atoms with E-state index in [2.05, 4.69) is 15.9 Å². The summed E-state index contributed by atoms with van der Waals surface area (Å²) in [4.78, 5) is 0. The summed E-state index contributed by atoms with van der Waals surface area (Å²) in [6.45, 7) is 0.114. The number of aliphatic hydroxyl groups is 1. The molecule has 2 rings (SSSR count). The van der Waals surface area contributed by atoms with Crippen LogP contribution in [-0.2, 0) is 0 Å². The van der Waals surface area contributed by atoms with E-state index in [9.17, 15) is 5.11 Å². The summed E-state index contributed by atoms with van der Waals surface area (Å²) in [5.41, 5.74) is -0.341. The third kappa shape index (κ3) is 2.77. The number of ether oxygens (including phenoxy) is 1. The van der Waals surface area contributed by atoms with Crippen LogP contribution >= 0.6 is 15.9 Å². The molecule has 1 N–H and O–H groups in total. The molecule has 0 aromatic heterocycles. The molecule has 0 aliphatic heterocycles. The van der Waals surface area contributed by atoms with Crippen LogP contribution in [0, 0.1) is 0 Å². The van der Waals surface area contributed by atoms with Crippen molar-refractivity contribution in [2.24, 2.45) is 0 Å². The smallest absolute Gasteiger partial charge is 0.132 e. The van der Waals surface area contributed by atoms with Crippen molar-refractivity contribution in [1.82, 2.24) is 0 Å². The molecule has 1 aromatic carbocycles. The highest BCUT2D eigenvalue weighted by Gasteiger charge is 2.33. The number of benzene rings is 1. The van der Waals surface area contributed by atoms with Gasteiger partial charge in [-0.05, 0) is 49.9 Å². The predicted octanol–water partition coefficient (Wildman–Crippen LogP) is 3.52. The number of aliphatic hydroxyl groups excluding tert-OH is 1. The second-order valence-corrected chi connectivity index (χ2v) is 5.37. The molecular weight excluding hydrogens is 268 g/mol. The van der Waals surface area contributed by atoms with Crippen LogP contribution in [0.1, 0.15) is 32.1 Å². The summed E-state index contributed by atoms with van der Waals surface area (Å²) >= 11 is 3.40. The summed E-state index contributed by atoms with van der Waals surface area (Å²) in [6.07, 6.45) is 5.47. The van der Waals surface area contributed by atoms with Gasteiger partial charge in [-0.3, -0.25) is 0 Å². The first kappa shape index (κ1) is 11.9. The maximum absolute atomic E-state index is 9.52. The van der Waals surface area contributed by atoms with Crippen LogP contribution in [0.4, 0.5) is 0 Å². The van der Waals surface area contributed by atoms with Gasteiger partial charge in [0.05, 0.1) is 6.61 Å². The van der Waals surface area contributed by atoms with Crippen LogP contribution in [-0.4, -0.2) is 17.3 Å². The molecule has 2 nitrogen and oxygen atoms in total. The normalized spacial score (nSPS) is 19.4. The minimum atomic E-state index is -0.341. The lowest BCUT2D eigenvalue weighted by atomic mass is 9.85. The van der Waals surface area contributed by atoms with Crippen LogP contribution in [0.25, 0.3) is 0 Å². The number of hydrogen-bond donors (Lipinski definition) is 1. The number of hydrogen-bond acceptors (Lipinski definition) is 2. The Labute approximate surface area is 105 Å². The van der Waals surface area contributed by atoms with Gasteiger partial charge in [0.15, 0.2) is 0 Å². The van der Waals surface area contributed by atoms with Crippen molar-refractivity contribution in [3.05, 3.63) is 28.7 Å². The van der Waals surface area contributed by atoms with E-state index < -0.39 is 0 Å². The van der Waals surface area contributed by atoms with Gasteiger partial charge in [-0.15, -0.1) is 0 Å². The van der Waals surface area contributed by atoms with Crippen LogP contribution < -0.4 is 4.74 Å². The second-order valence-electron chi connectivity index (χ2n) is 4.46. The van der Waals surface area contributed by atoms with Gasteiger partial charge in [-0.2, -0.15) is 0 Å². The highest BCUT2D eigenvalue weighted by Crippen LogP contribution is 2.33. The van der Waals surface area contributed by atoms with Crippen LogP contribution in [0.15, 0.2) is 28.7 Å². The molecule has 0 saturated heterocycles. The monoisotopic (exact) mass is 284 g/mol. The van der Waals surface area contributed by atoms with Gasteiger partial charge in [0.1, 0.15) is 11.4 Å². The molecule has 0 atom stereocenters. The van der Waals surface area contributed by atoms with Crippen molar-refractivity contribution in [1.29, 1.82) is 0 Å². The molecule has 1 aromatic rings. The summed E-state index contributed by atoms with van der Waals surface area (Å²) < 4.78 is 7.02. The fraction of sp³-hybridized carbons (Fsp3) is 0.538. The van der Waals surface area contributed by atoms with E-state index in [4.69, 9.17) is 4.74 Å². The minimum Gasteiger partial charge on any atom is -0.485 e. The minimum absolute atomic E-state index is 0.114. The van der Waals surface area contributed by atoms with Gasteiger partial charge in [0.2, 0.25) is 0 Å². The van der Waals surface area contributed by atoms with Gasteiger partial charge in [-0.1, -0.05) is 22.4 Å². The van der Waals surface area contributed by atoms with Gasteiger partial charge < -0.3 is 9.84 Å². The van der Waals surface area contributed by atoms with Gasteiger partial charge in [0.25, 0.3) is 0 Å². The fourth-order valence-corrected chi connectivity index (χ4v) is 2.51. The average molecular weight is 285 g/mol. The standard InChI is InChI=1S/C13H17BrO2/c14-11-4-6-12(7-5-11)16-13(10-15)8-2-1-3-9-13/h4-7,15H,1-3,8-10H2. The molecule has 0 heterocycles. The van der Waals surface area contributed by atoms with E-state index in [0.717, 1.165) is 35.9 Å². The zero-order valence-electron chi connectivity index (χ0n) is 9.29. The van der Waals surface area contributed by atoms with Crippen molar-refractivity contribution in [2.45, 2.75) is 37.7 Å². The van der Waals surface area contributed by atoms with Crippen molar-refractivity contribution in [3.63, 3.8) is 0 Å². The third-order valence-corrected chi connectivity index (χ3v) is 3.73. The molecule has 0 unspecified atom stereocenters. The molecule has 3 heteroatoms. The molecular formula is C13H17BrO2. The highest BCUT2D eigenvalue weighted by molar-refractivity contribution is 9.10. The Kier molecular flexibility index (Phi) is 3.87. The van der Waals surface area contributed by atoms with E-state index >= 15 is 0 Å². The largest absolute Gasteiger partial charge is 0.485 e. The topological polar surface area (TPSA) is 29.5 Å². The Morgan fingerprint density at radius 3 is 2.31 bits per heavy atom. The van der Waals surface area contributed by atoms with Crippen molar-refractivity contribution in [3.8, 4) is 5.75 Å². The first-order valence-electron chi connectivity index (χ1n) is 5.80. The van der Waals surface area contributed by atoms with E-state index in [1.807, 2.05) is 24.3 Å². The third-order valence-electron chi connectivity index (χ3n) is 3.20. The van der Waals surface area contributed by atoms with Gasteiger partial charge in [0, 0.05) is 4.47 Å². The SMILES string of the molecule is OCC1(Oc2ccc(Br)cc2)CCCCC1. The highest BCUT2D eigenvalue weighted by atomic mass is 79.9. The average Bonchev–Trinajstić information content (AvgIpc) is 2.33. The van der Waals surface area contributed by atoms with E-state index in [-0.39, 0.29) is 12.2 Å². The Morgan fingerprint density at radius 1 is 1.12 bits per heavy atom. The molecule has 1 fully saturated rings. The molecule has 1 aliphatic carbocycles. The molecule has 0 bridgehead atoms. The predicted molar refractivity (Wildman–Crippen MR) is 67.7 cm³/mol. The summed E-state index contributed by atoms with van der Waals surface area (Å²) in [5.74, 6) is 0.846. The Hall–Kier alpha value is -0.540. The molecule has 0 amide bonds. The zero-order valence-corrected chi connectivity index (χ0v) is 10.9. The van der Waals surface area contributed by atoms with E-state index in [1.54, 1.807) is 0 Å². The van der Waals surface area contributed by atoms with Crippen LogP contribution in [0.5, 0.6) is 5.75 Å².